The van der Waals surface area contributed by atoms with Gasteiger partial charge >= 0.3 is 0 Å². The number of nitrogens with zero attached hydrogens (tertiary/aromatic N) is 1. The van der Waals surface area contributed by atoms with E-state index in [0.29, 0.717) is 19.4 Å². The molecule has 1 amide bonds. The number of likely N-dealkylation sites (N-methyl/N-ethyl adjacent to an activating group) is 1. The van der Waals surface area contributed by atoms with Gasteiger partial charge in [0.2, 0.25) is 5.91 Å². The van der Waals surface area contributed by atoms with Crippen molar-refractivity contribution in [3.8, 4) is 0 Å². The van der Waals surface area contributed by atoms with Crippen LogP contribution in [0.3, 0.4) is 0 Å². The lowest BCUT2D eigenvalue weighted by atomic mass is 10.1. The van der Waals surface area contributed by atoms with Gasteiger partial charge in [-0.2, -0.15) is 0 Å². The fraction of sp³-hybridized carbons (Fsp3) is 0.889. The maximum atomic E-state index is 11.4. The van der Waals surface area contributed by atoms with Gasteiger partial charge in [0.25, 0.3) is 0 Å². The highest BCUT2D eigenvalue weighted by molar-refractivity contribution is 7.90. The second-order valence-corrected chi connectivity index (χ2v) is 6.29. The molecule has 0 aliphatic carbocycles. The summed E-state index contributed by atoms with van der Waals surface area (Å²) in [7, 11) is -2.98. The Bertz CT molecular complexity index is 339. The molecule has 1 aliphatic heterocycles. The Balaban J connectivity index is 2.63. The summed E-state index contributed by atoms with van der Waals surface area (Å²) in [6, 6.07) is -0.337. The number of carbonyl (C=O) groups excluding carboxylic acids is 1. The third-order valence-electron chi connectivity index (χ3n) is 2.75. The smallest absolute Gasteiger partial charge is 0.224 e. The SMILES string of the molecule is CCN1C(=O)C[C@@H](N)[C@@H]1CCS(C)(=O)=O. The van der Waals surface area contributed by atoms with Crippen LogP contribution < -0.4 is 5.73 Å². The lowest BCUT2D eigenvalue weighted by molar-refractivity contribution is -0.128. The molecule has 15 heavy (non-hydrogen) atoms. The van der Waals surface area contributed by atoms with Gasteiger partial charge in [-0.05, 0) is 13.3 Å². The Morgan fingerprint density at radius 1 is 1.53 bits per heavy atom. The molecule has 1 heterocycles. The Hall–Kier alpha value is -0.620. The molecule has 0 bridgehead atoms. The largest absolute Gasteiger partial charge is 0.338 e. The zero-order valence-corrected chi connectivity index (χ0v) is 9.96. The van der Waals surface area contributed by atoms with Gasteiger partial charge in [0.15, 0.2) is 0 Å². The van der Waals surface area contributed by atoms with E-state index in [1.165, 1.54) is 6.26 Å². The van der Waals surface area contributed by atoms with Crippen LogP contribution in [0.4, 0.5) is 0 Å². The number of likely N-dealkylation sites (tertiary alicyclic amines) is 1. The van der Waals surface area contributed by atoms with Crippen LogP contribution in [0.5, 0.6) is 0 Å². The van der Waals surface area contributed by atoms with E-state index in [1.54, 1.807) is 4.90 Å². The normalized spacial score (nSPS) is 27.4. The molecule has 0 aromatic rings. The summed E-state index contributed by atoms with van der Waals surface area (Å²) in [5.74, 6) is 0.123. The van der Waals surface area contributed by atoms with E-state index in [4.69, 9.17) is 5.73 Å². The van der Waals surface area contributed by atoms with Crippen molar-refractivity contribution in [1.29, 1.82) is 0 Å². The highest BCUT2D eigenvalue weighted by atomic mass is 32.2. The molecule has 1 saturated heterocycles. The fourth-order valence-electron chi connectivity index (χ4n) is 1.99. The van der Waals surface area contributed by atoms with Crippen molar-refractivity contribution >= 4 is 15.7 Å². The summed E-state index contributed by atoms with van der Waals surface area (Å²) in [6.07, 6.45) is 1.98. The molecule has 0 unspecified atom stereocenters. The van der Waals surface area contributed by atoms with Crippen molar-refractivity contribution in [2.45, 2.75) is 31.8 Å². The second kappa shape index (κ2) is 4.49. The summed E-state index contributed by atoms with van der Waals surface area (Å²) in [5.41, 5.74) is 5.81. The molecular weight excluding hydrogens is 216 g/mol. The van der Waals surface area contributed by atoms with Crippen molar-refractivity contribution in [3.05, 3.63) is 0 Å². The number of nitrogens with two attached hydrogens (primary N) is 1. The summed E-state index contributed by atoms with van der Waals surface area (Å²) in [6.45, 7) is 2.48. The zero-order chi connectivity index (χ0) is 11.6. The Kier molecular flexibility index (Phi) is 3.72. The number of hydrogen-bond donors (Lipinski definition) is 1. The van der Waals surface area contributed by atoms with E-state index < -0.39 is 9.84 Å². The van der Waals surface area contributed by atoms with E-state index in [2.05, 4.69) is 0 Å². The number of hydrogen-bond acceptors (Lipinski definition) is 4. The van der Waals surface area contributed by atoms with Crippen LogP contribution in [0.15, 0.2) is 0 Å². The minimum Gasteiger partial charge on any atom is -0.338 e. The van der Waals surface area contributed by atoms with Crippen molar-refractivity contribution in [2.24, 2.45) is 5.73 Å². The van der Waals surface area contributed by atoms with Crippen molar-refractivity contribution in [2.75, 3.05) is 18.6 Å². The summed E-state index contributed by atoms with van der Waals surface area (Å²) < 4.78 is 22.1. The van der Waals surface area contributed by atoms with Gasteiger partial charge in [-0.1, -0.05) is 0 Å². The Morgan fingerprint density at radius 2 is 2.13 bits per heavy atom. The lowest BCUT2D eigenvalue weighted by Crippen LogP contribution is -2.41. The number of carbonyl (C=O) groups is 1. The zero-order valence-electron chi connectivity index (χ0n) is 9.14. The van der Waals surface area contributed by atoms with Crippen LogP contribution in [-0.4, -0.2) is 49.9 Å². The molecule has 0 spiro atoms. The van der Waals surface area contributed by atoms with Gasteiger partial charge in [-0.15, -0.1) is 0 Å². The number of rotatable bonds is 4. The first kappa shape index (κ1) is 12.4. The van der Waals surface area contributed by atoms with Gasteiger partial charge in [-0.3, -0.25) is 4.79 Å². The summed E-state index contributed by atoms with van der Waals surface area (Å²) in [4.78, 5) is 13.1. The molecular formula is C9H18N2O3S. The van der Waals surface area contributed by atoms with Crippen LogP contribution in [0, 0.1) is 0 Å². The van der Waals surface area contributed by atoms with Crippen molar-refractivity contribution in [3.63, 3.8) is 0 Å². The van der Waals surface area contributed by atoms with Crippen molar-refractivity contribution < 1.29 is 13.2 Å². The molecule has 0 radical (unpaired) electrons. The average Bonchev–Trinajstić information content (AvgIpc) is 2.35. The quantitative estimate of drug-likeness (QED) is 0.702. The summed E-state index contributed by atoms with van der Waals surface area (Å²) in [5, 5.41) is 0. The molecule has 2 atom stereocenters. The van der Waals surface area contributed by atoms with E-state index in [0.717, 1.165) is 0 Å². The predicted octanol–water partition coefficient (Wildman–Crippen LogP) is -0.631. The van der Waals surface area contributed by atoms with E-state index in [1.807, 2.05) is 6.92 Å². The molecule has 0 aromatic heterocycles. The van der Waals surface area contributed by atoms with Crippen LogP contribution in [0.2, 0.25) is 0 Å². The van der Waals surface area contributed by atoms with E-state index in [-0.39, 0.29) is 23.7 Å². The molecule has 6 heteroatoms. The maximum Gasteiger partial charge on any atom is 0.224 e. The number of amides is 1. The maximum absolute atomic E-state index is 11.4. The fourth-order valence-corrected chi connectivity index (χ4v) is 2.66. The lowest BCUT2D eigenvalue weighted by Gasteiger charge is -2.25. The average molecular weight is 234 g/mol. The predicted molar refractivity (Wildman–Crippen MR) is 58.1 cm³/mol. The van der Waals surface area contributed by atoms with Gasteiger partial charge in [0.05, 0.1) is 5.75 Å². The van der Waals surface area contributed by atoms with Crippen molar-refractivity contribution in [1.82, 2.24) is 4.90 Å². The molecule has 1 aliphatic rings. The first-order valence-corrected chi connectivity index (χ1v) is 7.14. The standard InChI is InChI=1S/C9H18N2O3S/c1-3-11-8(4-5-15(2,13)14)7(10)6-9(11)12/h7-8H,3-6,10H2,1-2H3/t7-,8+/m1/s1. The highest BCUT2D eigenvalue weighted by Crippen LogP contribution is 2.20. The first-order valence-electron chi connectivity index (χ1n) is 5.08. The monoisotopic (exact) mass is 234 g/mol. The summed E-state index contributed by atoms with van der Waals surface area (Å²) >= 11 is 0. The van der Waals surface area contributed by atoms with Crippen LogP contribution in [0.1, 0.15) is 19.8 Å². The van der Waals surface area contributed by atoms with Gasteiger partial charge in [0.1, 0.15) is 9.84 Å². The third-order valence-corrected chi connectivity index (χ3v) is 3.73. The van der Waals surface area contributed by atoms with Crippen LogP contribution in [0.25, 0.3) is 0 Å². The molecule has 0 saturated carbocycles. The van der Waals surface area contributed by atoms with Gasteiger partial charge in [-0.25, -0.2) is 8.42 Å². The molecule has 5 nitrogen and oxygen atoms in total. The molecule has 1 rings (SSSR count). The molecule has 88 valence electrons. The molecule has 0 aromatic carbocycles. The van der Waals surface area contributed by atoms with E-state index in [9.17, 15) is 13.2 Å². The third kappa shape index (κ3) is 3.17. The topological polar surface area (TPSA) is 80.5 Å². The second-order valence-electron chi connectivity index (χ2n) is 4.03. The first-order chi connectivity index (χ1) is 6.85. The number of sulfone groups is 1. The minimum absolute atomic E-state index is 0.0310. The van der Waals surface area contributed by atoms with Crippen LogP contribution in [-0.2, 0) is 14.6 Å². The molecule has 2 N–H and O–H groups in total. The van der Waals surface area contributed by atoms with Gasteiger partial charge < -0.3 is 10.6 Å². The molecule has 1 fully saturated rings. The Labute approximate surface area is 90.5 Å². The van der Waals surface area contributed by atoms with Crippen LogP contribution >= 0.6 is 0 Å². The Morgan fingerprint density at radius 3 is 2.60 bits per heavy atom. The van der Waals surface area contributed by atoms with E-state index >= 15 is 0 Å². The highest BCUT2D eigenvalue weighted by Gasteiger charge is 2.36. The minimum atomic E-state index is -2.98. The van der Waals surface area contributed by atoms with Gasteiger partial charge in [0, 0.05) is 31.3 Å².